The number of imide groups is 2. The van der Waals surface area contributed by atoms with Gasteiger partial charge in [0, 0.05) is 19.6 Å². The van der Waals surface area contributed by atoms with Crippen molar-refractivity contribution in [2.45, 2.75) is 57.9 Å². The van der Waals surface area contributed by atoms with E-state index >= 15 is 0 Å². The molecule has 7 heteroatoms. The average Bonchev–Trinajstić information content (AvgIpc) is 2.93. The van der Waals surface area contributed by atoms with Gasteiger partial charge in [0.2, 0.25) is 11.8 Å². The van der Waals surface area contributed by atoms with Crippen LogP contribution in [0.2, 0.25) is 0 Å². The molecule has 1 unspecified atom stereocenters. The zero-order valence-electron chi connectivity index (χ0n) is 16.2. The highest BCUT2D eigenvalue weighted by Crippen LogP contribution is 2.30. The lowest BCUT2D eigenvalue weighted by Crippen LogP contribution is -2.54. The molecule has 1 N–H and O–H groups in total. The minimum absolute atomic E-state index is 0.117. The summed E-state index contributed by atoms with van der Waals surface area (Å²) in [6.45, 7) is 3.49. The number of hydrogen-bond acceptors (Lipinski definition) is 5. The summed E-state index contributed by atoms with van der Waals surface area (Å²) in [5.41, 5.74) is 1.50. The van der Waals surface area contributed by atoms with Gasteiger partial charge in [-0.2, -0.15) is 0 Å². The van der Waals surface area contributed by atoms with Crippen molar-refractivity contribution in [3.05, 3.63) is 34.9 Å². The van der Waals surface area contributed by atoms with Crippen LogP contribution >= 0.6 is 0 Å². The molecule has 1 saturated heterocycles. The zero-order chi connectivity index (χ0) is 20.1. The third kappa shape index (κ3) is 4.14. The predicted octanol–water partition coefficient (Wildman–Crippen LogP) is 2.23. The first kappa shape index (κ1) is 20.2. The van der Waals surface area contributed by atoms with E-state index in [1.165, 1.54) is 0 Å². The molecule has 1 aromatic carbocycles. The molecule has 0 aromatic heterocycles. The van der Waals surface area contributed by atoms with Crippen molar-refractivity contribution < 1.29 is 23.9 Å². The van der Waals surface area contributed by atoms with Crippen molar-refractivity contribution in [1.82, 2.24) is 10.2 Å². The molecular weight excluding hydrogens is 360 g/mol. The summed E-state index contributed by atoms with van der Waals surface area (Å²) >= 11 is 0. The van der Waals surface area contributed by atoms with Crippen LogP contribution in [0.4, 0.5) is 0 Å². The van der Waals surface area contributed by atoms with Gasteiger partial charge in [-0.05, 0) is 37.3 Å². The van der Waals surface area contributed by atoms with Gasteiger partial charge in [-0.15, -0.1) is 0 Å². The van der Waals surface area contributed by atoms with Gasteiger partial charge in [-0.25, -0.2) is 0 Å². The molecule has 0 spiro atoms. The molecule has 1 fully saturated rings. The van der Waals surface area contributed by atoms with Crippen LogP contribution in [-0.2, 0) is 20.7 Å². The molecule has 0 saturated carbocycles. The van der Waals surface area contributed by atoms with E-state index in [0.717, 1.165) is 42.8 Å². The van der Waals surface area contributed by atoms with E-state index in [1.807, 2.05) is 6.07 Å². The van der Waals surface area contributed by atoms with Gasteiger partial charge in [0.25, 0.3) is 11.8 Å². The molecule has 3 rings (SSSR count). The second-order valence-electron chi connectivity index (χ2n) is 7.21. The third-order valence-electron chi connectivity index (χ3n) is 5.18. The van der Waals surface area contributed by atoms with Gasteiger partial charge in [0.15, 0.2) is 0 Å². The summed E-state index contributed by atoms with van der Waals surface area (Å²) in [7, 11) is 0. The second-order valence-corrected chi connectivity index (χ2v) is 7.21. The highest BCUT2D eigenvalue weighted by Gasteiger charge is 2.45. The molecule has 4 amide bonds. The molecule has 2 aliphatic heterocycles. The van der Waals surface area contributed by atoms with Crippen LogP contribution in [0.3, 0.4) is 0 Å². The lowest BCUT2D eigenvalue weighted by Gasteiger charge is -2.27. The highest BCUT2D eigenvalue weighted by molar-refractivity contribution is 6.24. The van der Waals surface area contributed by atoms with Crippen LogP contribution in [0.5, 0.6) is 0 Å². The summed E-state index contributed by atoms with van der Waals surface area (Å²) in [4.78, 5) is 50.3. The quantitative estimate of drug-likeness (QED) is 0.519. The molecular formula is C21H26N2O5. The second kappa shape index (κ2) is 9.10. The first-order valence-electron chi connectivity index (χ1n) is 9.95. The predicted molar refractivity (Wildman–Crippen MR) is 102 cm³/mol. The Labute approximate surface area is 164 Å². The van der Waals surface area contributed by atoms with Crippen molar-refractivity contribution in [3.8, 4) is 0 Å². The number of hydrogen-bond donors (Lipinski definition) is 1. The maximum absolute atomic E-state index is 13.0. The Balaban J connectivity index is 1.66. The van der Waals surface area contributed by atoms with E-state index in [2.05, 4.69) is 12.2 Å². The maximum Gasteiger partial charge on any atom is 0.262 e. The number of fused-ring (bicyclic) bond motifs is 1. The Hall–Kier alpha value is -2.54. The van der Waals surface area contributed by atoms with Crippen LogP contribution in [0.25, 0.3) is 0 Å². The van der Waals surface area contributed by atoms with Crippen molar-refractivity contribution >= 4 is 23.6 Å². The highest BCUT2D eigenvalue weighted by atomic mass is 16.5. The van der Waals surface area contributed by atoms with E-state index in [1.54, 1.807) is 12.1 Å². The van der Waals surface area contributed by atoms with Gasteiger partial charge >= 0.3 is 0 Å². The lowest BCUT2D eigenvalue weighted by atomic mass is 9.99. The number of unbranched alkanes of at least 4 members (excludes halogenated alkanes) is 2. The topological polar surface area (TPSA) is 92.8 Å². The normalized spacial score (nSPS) is 19.2. The van der Waals surface area contributed by atoms with E-state index < -0.39 is 23.8 Å². The van der Waals surface area contributed by atoms with E-state index in [0.29, 0.717) is 24.2 Å². The Bertz CT molecular complexity index is 789. The number of carbonyl (C=O) groups is 4. The molecule has 150 valence electrons. The number of nitrogens with zero attached hydrogens (tertiary/aromatic N) is 1. The van der Waals surface area contributed by atoms with Crippen LogP contribution < -0.4 is 5.32 Å². The van der Waals surface area contributed by atoms with Gasteiger partial charge in [-0.1, -0.05) is 31.9 Å². The fourth-order valence-corrected chi connectivity index (χ4v) is 3.71. The first-order chi connectivity index (χ1) is 13.5. The van der Waals surface area contributed by atoms with Crippen molar-refractivity contribution in [1.29, 1.82) is 0 Å². The Morgan fingerprint density at radius 2 is 1.86 bits per heavy atom. The summed E-state index contributed by atoms with van der Waals surface area (Å²) in [6, 6.07) is 4.29. The monoisotopic (exact) mass is 386 g/mol. The minimum atomic E-state index is -0.931. The fourth-order valence-electron chi connectivity index (χ4n) is 3.71. The lowest BCUT2D eigenvalue weighted by molar-refractivity contribution is -0.136. The van der Waals surface area contributed by atoms with Gasteiger partial charge in [0.05, 0.1) is 11.1 Å². The number of rotatable bonds is 9. The van der Waals surface area contributed by atoms with Crippen molar-refractivity contribution in [2.75, 3.05) is 13.2 Å². The zero-order valence-corrected chi connectivity index (χ0v) is 16.2. The Morgan fingerprint density at radius 1 is 1.07 bits per heavy atom. The molecule has 0 radical (unpaired) electrons. The molecule has 2 heterocycles. The number of piperidine rings is 1. The molecule has 1 aromatic rings. The summed E-state index contributed by atoms with van der Waals surface area (Å²) in [6.07, 6.45) is 5.01. The number of nitrogens with one attached hydrogen (secondary N) is 1. The molecule has 0 bridgehead atoms. The molecule has 2 aliphatic rings. The number of carbonyl (C=O) groups excluding carboxylic acids is 4. The van der Waals surface area contributed by atoms with Crippen LogP contribution in [0, 0.1) is 0 Å². The smallest absolute Gasteiger partial charge is 0.262 e. The third-order valence-corrected chi connectivity index (χ3v) is 5.18. The Morgan fingerprint density at radius 3 is 2.61 bits per heavy atom. The molecule has 28 heavy (non-hydrogen) atoms. The first-order valence-corrected chi connectivity index (χ1v) is 9.95. The summed E-state index contributed by atoms with van der Waals surface area (Å²) in [5.74, 6) is -1.88. The van der Waals surface area contributed by atoms with Crippen LogP contribution in [0.1, 0.15) is 71.7 Å². The number of benzene rings is 1. The van der Waals surface area contributed by atoms with E-state index in [9.17, 15) is 19.2 Å². The van der Waals surface area contributed by atoms with Gasteiger partial charge < -0.3 is 4.74 Å². The average molecular weight is 386 g/mol. The number of aryl methyl sites for hydroxylation is 1. The largest absolute Gasteiger partial charge is 0.381 e. The molecule has 1 atom stereocenters. The van der Waals surface area contributed by atoms with Crippen molar-refractivity contribution in [3.63, 3.8) is 0 Å². The molecule has 0 aliphatic carbocycles. The number of amides is 4. The molecule has 7 nitrogen and oxygen atoms in total. The van der Waals surface area contributed by atoms with Crippen LogP contribution in [0.15, 0.2) is 18.2 Å². The van der Waals surface area contributed by atoms with Gasteiger partial charge in [0.1, 0.15) is 6.04 Å². The van der Waals surface area contributed by atoms with Crippen LogP contribution in [-0.4, -0.2) is 47.8 Å². The maximum atomic E-state index is 13.0. The summed E-state index contributed by atoms with van der Waals surface area (Å²) < 4.78 is 5.62. The minimum Gasteiger partial charge on any atom is -0.381 e. The van der Waals surface area contributed by atoms with E-state index in [-0.39, 0.29) is 18.7 Å². The summed E-state index contributed by atoms with van der Waals surface area (Å²) in [5, 5.41) is 2.21. The van der Waals surface area contributed by atoms with Crippen molar-refractivity contribution in [2.24, 2.45) is 0 Å². The number of ether oxygens (including phenoxy) is 1. The van der Waals surface area contributed by atoms with Gasteiger partial charge in [-0.3, -0.25) is 29.4 Å². The SMILES string of the molecule is CCCCCOCCCc1cccc2c1C(=O)N(C1CCC(=O)NC1=O)C2=O. The standard InChI is InChI=1S/C21H26N2O5/c1-2-3-4-12-28-13-6-8-14-7-5-9-15-18(14)21(27)23(20(15)26)16-10-11-17(24)22-19(16)25/h5,7,9,16H,2-4,6,8,10-13H2,1H3,(H,22,24,25). The van der Waals surface area contributed by atoms with E-state index in [4.69, 9.17) is 4.74 Å². The Kier molecular flexibility index (Phi) is 6.57. The fraction of sp³-hybridized carbons (Fsp3) is 0.524.